The average molecular weight is 234 g/mol. The number of amides is 2. The summed E-state index contributed by atoms with van der Waals surface area (Å²) in [6, 6.07) is -0.188. The number of thioether (sulfide) groups is 1. The molecule has 88 valence electrons. The van der Waals surface area contributed by atoms with Gasteiger partial charge >= 0.3 is 12.0 Å². The summed E-state index contributed by atoms with van der Waals surface area (Å²) >= 11 is 1.73. The van der Waals surface area contributed by atoms with E-state index in [1.807, 2.05) is 13.2 Å². The number of carboxylic acid groups (broad SMARTS) is 1. The molecule has 15 heavy (non-hydrogen) atoms. The Balaban J connectivity index is 3.50. The normalized spacial score (nSPS) is 11.9. The Hall–Kier alpha value is -0.910. The second-order valence-corrected chi connectivity index (χ2v) is 4.21. The molecular formula is C9H18N2O3S. The van der Waals surface area contributed by atoms with Crippen molar-refractivity contribution in [1.29, 1.82) is 0 Å². The maximum Gasteiger partial charge on any atom is 0.315 e. The van der Waals surface area contributed by atoms with E-state index < -0.39 is 5.97 Å². The van der Waals surface area contributed by atoms with E-state index in [0.29, 0.717) is 0 Å². The molecule has 0 bridgehead atoms. The van der Waals surface area contributed by atoms with Crippen molar-refractivity contribution in [2.75, 3.05) is 18.6 Å². The number of carbonyl (C=O) groups is 2. The van der Waals surface area contributed by atoms with Crippen LogP contribution < -0.4 is 10.6 Å². The molecule has 0 rings (SSSR count). The molecule has 3 N–H and O–H groups in total. The number of carboxylic acids is 1. The van der Waals surface area contributed by atoms with Crippen LogP contribution >= 0.6 is 11.8 Å². The van der Waals surface area contributed by atoms with Gasteiger partial charge in [0, 0.05) is 12.6 Å². The minimum Gasteiger partial charge on any atom is -0.481 e. The van der Waals surface area contributed by atoms with Gasteiger partial charge in [0.25, 0.3) is 0 Å². The molecule has 0 saturated carbocycles. The largest absolute Gasteiger partial charge is 0.481 e. The highest BCUT2D eigenvalue weighted by Gasteiger charge is 2.06. The molecule has 2 amide bonds. The van der Waals surface area contributed by atoms with Crippen molar-refractivity contribution in [3.8, 4) is 0 Å². The van der Waals surface area contributed by atoms with Crippen molar-refractivity contribution < 1.29 is 14.7 Å². The minimum atomic E-state index is -0.911. The van der Waals surface area contributed by atoms with E-state index in [9.17, 15) is 9.59 Å². The summed E-state index contributed by atoms with van der Waals surface area (Å²) in [6.07, 6.45) is 2.87. The highest BCUT2D eigenvalue weighted by atomic mass is 32.2. The van der Waals surface area contributed by atoms with Gasteiger partial charge in [-0.2, -0.15) is 11.8 Å². The summed E-state index contributed by atoms with van der Waals surface area (Å²) in [7, 11) is 0. The zero-order chi connectivity index (χ0) is 11.7. The number of carbonyl (C=O) groups excluding carboxylic acids is 1. The number of rotatable bonds is 7. The number of aliphatic carboxylic acids is 1. The molecule has 1 atom stereocenters. The van der Waals surface area contributed by atoms with Crippen LogP contribution in [-0.2, 0) is 4.79 Å². The van der Waals surface area contributed by atoms with Crippen molar-refractivity contribution in [1.82, 2.24) is 10.6 Å². The molecule has 0 aliphatic heterocycles. The molecule has 0 heterocycles. The summed E-state index contributed by atoms with van der Waals surface area (Å²) in [5.41, 5.74) is 0. The van der Waals surface area contributed by atoms with Crippen LogP contribution in [0.2, 0.25) is 0 Å². The van der Waals surface area contributed by atoms with E-state index in [1.165, 1.54) is 0 Å². The van der Waals surface area contributed by atoms with Gasteiger partial charge in [0.2, 0.25) is 0 Å². The molecule has 0 aromatic rings. The van der Waals surface area contributed by atoms with Gasteiger partial charge in [0.15, 0.2) is 0 Å². The van der Waals surface area contributed by atoms with E-state index >= 15 is 0 Å². The molecule has 1 unspecified atom stereocenters. The molecule has 0 saturated heterocycles. The van der Waals surface area contributed by atoms with Gasteiger partial charge < -0.3 is 15.7 Å². The fourth-order valence-electron chi connectivity index (χ4n) is 0.925. The van der Waals surface area contributed by atoms with Crippen LogP contribution in [0.5, 0.6) is 0 Å². The van der Waals surface area contributed by atoms with Crippen LogP contribution in [0.15, 0.2) is 0 Å². The molecule has 0 fully saturated rings. The van der Waals surface area contributed by atoms with E-state index in [1.54, 1.807) is 11.8 Å². The van der Waals surface area contributed by atoms with Crippen molar-refractivity contribution in [3.63, 3.8) is 0 Å². The lowest BCUT2D eigenvalue weighted by atomic mass is 10.3. The smallest absolute Gasteiger partial charge is 0.315 e. The van der Waals surface area contributed by atoms with Gasteiger partial charge in [-0.1, -0.05) is 0 Å². The predicted octanol–water partition coefficient (Wildman–Crippen LogP) is 0.902. The van der Waals surface area contributed by atoms with E-state index in [2.05, 4.69) is 10.6 Å². The lowest BCUT2D eigenvalue weighted by Crippen LogP contribution is -2.41. The monoisotopic (exact) mass is 234 g/mol. The Morgan fingerprint density at radius 2 is 2.13 bits per heavy atom. The van der Waals surface area contributed by atoms with Crippen LogP contribution in [-0.4, -0.2) is 41.7 Å². The summed E-state index contributed by atoms with van der Waals surface area (Å²) < 4.78 is 0. The Kier molecular flexibility index (Phi) is 7.89. The first-order valence-corrected chi connectivity index (χ1v) is 6.20. The van der Waals surface area contributed by atoms with Crippen molar-refractivity contribution in [2.24, 2.45) is 0 Å². The topological polar surface area (TPSA) is 78.4 Å². The van der Waals surface area contributed by atoms with Crippen LogP contribution in [0, 0.1) is 0 Å². The SMILES string of the molecule is CSCCC(C)NC(=O)NCCC(=O)O. The van der Waals surface area contributed by atoms with Crippen LogP contribution in [0.4, 0.5) is 4.79 Å². The molecule has 6 heteroatoms. The Bertz CT molecular complexity index is 212. The molecule has 0 aliphatic carbocycles. The van der Waals surface area contributed by atoms with Gasteiger partial charge in [-0.3, -0.25) is 4.79 Å². The first-order valence-electron chi connectivity index (χ1n) is 4.81. The Morgan fingerprint density at radius 3 is 2.67 bits per heavy atom. The molecule has 0 aromatic carbocycles. The van der Waals surface area contributed by atoms with Crippen LogP contribution in [0.25, 0.3) is 0 Å². The third kappa shape index (κ3) is 9.40. The molecule has 0 spiro atoms. The van der Waals surface area contributed by atoms with Gasteiger partial charge in [-0.25, -0.2) is 4.79 Å². The Labute approximate surface area is 94.0 Å². The second-order valence-electron chi connectivity index (χ2n) is 3.23. The predicted molar refractivity (Wildman–Crippen MR) is 61.2 cm³/mol. The third-order valence-electron chi connectivity index (χ3n) is 1.76. The fourth-order valence-corrected chi connectivity index (χ4v) is 1.51. The summed E-state index contributed by atoms with van der Waals surface area (Å²) in [4.78, 5) is 21.3. The summed E-state index contributed by atoms with van der Waals surface area (Å²) in [6.45, 7) is 2.09. The number of hydrogen-bond donors (Lipinski definition) is 3. The van der Waals surface area contributed by atoms with Gasteiger partial charge in [-0.15, -0.1) is 0 Å². The number of urea groups is 1. The zero-order valence-electron chi connectivity index (χ0n) is 9.08. The summed E-state index contributed by atoms with van der Waals surface area (Å²) in [5, 5.41) is 13.6. The van der Waals surface area contributed by atoms with Crippen LogP contribution in [0.1, 0.15) is 19.8 Å². The average Bonchev–Trinajstić information content (AvgIpc) is 2.14. The first kappa shape index (κ1) is 14.1. The van der Waals surface area contributed by atoms with Crippen LogP contribution in [0.3, 0.4) is 0 Å². The maximum absolute atomic E-state index is 11.2. The molecule has 0 aromatic heterocycles. The van der Waals surface area contributed by atoms with E-state index in [4.69, 9.17) is 5.11 Å². The highest BCUT2D eigenvalue weighted by molar-refractivity contribution is 7.98. The molecule has 5 nitrogen and oxygen atoms in total. The first-order chi connectivity index (χ1) is 7.06. The lowest BCUT2D eigenvalue weighted by Gasteiger charge is -2.13. The Morgan fingerprint density at radius 1 is 1.47 bits per heavy atom. The standard InChI is InChI=1S/C9H18N2O3S/c1-7(4-6-15-2)11-9(14)10-5-3-8(12)13/h7H,3-6H2,1-2H3,(H,12,13)(H2,10,11,14). The minimum absolute atomic E-state index is 0.0490. The lowest BCUT2D eigenvalue weighted by molar-refractivity contribution is -0.136. The van der Waals surface area contributed by atoms with E-state index in [0.717, 1.165) is 12.2 Å². The van der Waals surface area contributed by atoms with Gasteiger partial charge in [-0.05, 0) is 25.4 Å². The summed E-state index contributed by atoms with van der Waals surface area (Å²) in [5.74, 6) is 0.0852. The van der Waals surface area contributed by atoms with Gasteiger partial charge in [0.1, 0.15) is 0 Å². The molecule has 0 radical (unpaired) electrons. The van der Waals surface area contributed by atoms with E-state index in [-0.39, 0.29) is 25.0 Å². The second kappa shape index (κ2) is 8.40. The van der Waals surface area contributed by atoms with Crippen molar-refractivity contribution >= 4 is 23.8 Å². The van der Waals surface area contributed by atoms with Crippen molar-refractivity contribution in [2.45, 2.75) is 25.8 Å². The zero-order valence-corrected chi connectivity index (χ0v) is 9.89. The fraction of sp³-hybridized carbons (Fsp3) is 0.778. The molecule has 0 aliphatic rings. The highest BCUT2D eigenvalue weighted by Crippen LogP contribution is 1.99. The quantitative estimate of drug-likeness (QED) is 0.611. The maximum atomic E-state index is 11.2. The third-order valence-corrected chi connectivity index (χ3v) is 2.40. The van der Waals surface area contributed by atoms with Crippen molar-refractivity contribution in [3.05, 3.63) is 0 Å². The molecular weight excluding hydrogens is 216 g/mol. The van der Waals surface area contributed by atoms with Gasteiger partial charge in [0.05, 0.1) is 6.42 Å². The number of hydrogen-bond acceptors (Lipinski definition) is 3. The number of nitrogens with one attached hydrogen (secondary N) is 2.